The van der Waals surface area contributed by atoms with Crippen molar-refractivity contribution in [1.82, 2.24) is 4.98 Å². The number of nitrogens with zero attached hydrogens (tertiary/aromatic N) is 2. The van der Waals surface area contributed by atoms with Gasteiger partial charge in [0.1, 0.15) is 5.69 Å². The molecule has 25 heavy (non-hydrogen) atoms. The molecular formula is C17H16F3N3O2. The fourth-order valence-corrected chi connectivity index (χ4v) is 2.47. The third kappa shape index (κ3) is 4.27. The third-order valence-corrected chi connectivity index (χ3v) is 3.83. The van der Waals surface area contributed by atoms with Crippen LogP contribution in [0.4, 0.5) is 24.5 Å². The first-order valence-corrected chi connectivity index (χ1v) is 7.71. The van der Waals surface area contributed by atoms with Crippen LogP contribution in [0.3, 0.4) is 0 Å². The number of benzene rings is 1. The Morgan fingerprint density at radius 2 is 1.76 bits per heavy atom. The summed E-state index contributed by atoms with van der Waals surface area (Å²) in [6.45, 7) is 2.82. The molecule has 1 saturated heterocycles. The molecule has 1 N–H and O–H groups in total. The van der Waals surface area contributed by atoms with Crippen LogP contribution in [0.1, 0.15) is 16.1 Å². The van der Waals surface area contributed by atoms with E-state index in [0.717, 1.165) is 30.9 Å². The Labute approximate surface area is 142 Å². The number of anilines is 2. The molecule has 0 spiro atoms. The van der Waals surface area contributed by atoms with Gasteiger partial charge in [-0.3, -0.25) is 4.79 Å². The lowest BCUT2D eigenvalue weighted by molar-refractivity contribution is -0.137. The first-order valence-electron chi connectivity index (χ1n) is 7.71. The summed E-state index contributed by atoms with van der Waals surface area (Å²) in [6, 6.07) is 7.64. The largest absolute Gasteiger partial charge is 0.416 e. The number of carbonyl (C=O) groups is 1. The van der Waals surface area contributed by atoms with Crippen molar-refractivity contribution in [2.45, 2.75) is 6.18 Å². The molecule has 1 aromatic heterocycles. The number of morpholine rings is 1. The molecule has 3 rings (SSSR count). The molecule has 1 amide bonds. The maximum Gasteiger partial charge on any atom is 0.416 e. The van der Waals surface area contributed by atoms with Gasteiger partial charge in [-0.1, -0.05) is 0 Å². The van der Waals surface area contributed by atoms with Gasteiger partial charge in [-0.2, -0.15) is 13.2 Å². The van der Waals surface area contributed by atoms with Crippen molar-refractivity contribution in [2.75, 3.05) is 36.5 Å². The second-order valence-corrected chi connectivity index (χ2v) is 5.53. The van der Waals surface area contributed by atoms with Gasteiger partial charge in [0.2, 0.25) is 0 Å². The Morgan fingerprint density at radius 1 is 1.08 bits per heavy atom. The molecule has 1 aliphatic heterocycles. The van der Waals surface area contributed by atoms with Crippen LogP contribution in [-0.4, -0.2) is 37.2 Å². The Balaban J connectivity index is 1.64. The van der Waals surface area contributed by atoms with Gasteiger partial charge in [0.25, 0.3) is 5.91 Å². The predicted molar refractivity (Wildman–Crippen MR) is 86.7 cm³/mol. The molecule has 132 valence electrons. The lowest BCUT2D eigenvalue weighted by Gasteiger charge is -2.28. The number of hydrogen-bond acceptors (Lipinski definition) is 4. The fraction of sp³-hybridized carbons (Fsp3) is 0.294. The van der Waals surface area contributed by atoms with Crippen molar-refractivity contribution >= 4 is 17.3 Å². The maximum absolute atomic E-state index is 12.5. The molecule has 1 aliphatic rings. The van der Waals surface area contributed by atoms with E-state index in [2.05, 4.69) is 15.2 Å². The van der Waals surface area contributed by atoms with Gasteiger partial charge in [0.15, 0.2) is 0 Å². The number of rotatable bonds is 3. The summed E-state index contributed by atoms with van der Waals surface area (Å²) in [5.74, 6) is -0.478. The first-order chi connectivity index (χ1) is 11.9. The highest BCUT2D eigenvalue weighted by Crippen LogP contribution is 2.29. The van der Waals surface area contributed by atoms with E-state index in [1.54, 1.807) is 18.3 Å². The summed E-state index contributed by atoms with van der Waals surface area (Å²) >= 11 is 0. The number of alkyl halides is 3. The van der Waals surface area contributed by atoms with E-state index in [1.165, 1.54) is 12.1 Å². The highest BCUT2D eigenvalue weighted by atomic mass is 19.4. The average molecular weight is 351 g/mol. The van der Waals surface area contributed by atoms with E-state index in [9.17, 15) is 18.0 Å². The minimum atomic E-state index is -4.40. The van der Waals surface area contributed by atoms with Crippen LogP contribution in [0.25, 0.3) is 0 Å². The van der Waals surface area contributed by atoms with Crippen LogP contribution in [0.5, 0.6) is 0 Å². The highest BCUT2D eigenvalue weighted by molar-refractivity contribution is 6.02. The number of pyridine rings is 1. The number of nitrogens with one attached hydrogen (secondary N) is 1. The van der Waals surface area contributed by atoms with Gasteiger partial charge >= 0.3 is 6.18 Å². The summed E-state index contributed by atoms with van der Waals surface area (Å²) < 4.78 is 42.9. The standard InChI is InChI=1S/C17H16F3N3O2/c18-17(19,20)12-1-3-13(4-2-12)22-16(24)15-6-5-14(11-21-15)23-7-9-25-10-8-23/h1-6,11H,7-10H2,(H,22,24). The maximum atomic E-state index is 12.5. The van der Waals surface area contributed by atoms with E-state index in [4.69, 9.17) is 4.74 Å². The van der Waals surface area contributed by atoms with Crippen molar-refractivity contribution in [3.63, 3.8) is 0 Å². The van der Waals surface area contributed by atoms with Crippen LogP contribution >= 0.6 is 0 Å². The molecule has 1 aromatic carbocycles. The minimum Gasteiger partial charge on any atom is -0.378 e. The quantitative estimate of drug-likeness (QED) is 0.923. The van der Waals surface area contributed by atoms with Crippen molar-refractivity contribution in [3.05, 3.63) is 53.9 Å². The smallest absolute Gasteiger partial charge is 0.378 e. The topological polar surface area (TPSA) is 54.5 Å². The second-order valence-electron chi connectivity index (χ2n) is 5.53. The number of hydrogen-bond donors (Lipinski definition) is 1. The molecule has 5 nitrogen and oxygen atoms in total. The van der Waals surface area contributed by atoms with E-state index in [0.29, 0.717) is 13.2 Å². The van der Waals surface area contributed by atoms with Gasteiger partial charge < -0.3 is 15.0 Å². The van der Waals surface area contributed by atoms with Crippen LogP contribution < -0.4 is 10.2 Å². The van der Waals surface area contributed by atoms with Crippen molar-refractivity contribution < 1.29 is 22.7 Å². The van der Waals surface area contributed by atoms with Crippen molar-refractivity contribution in [2.24, 2.45) is 0 Å². The summed E-state index contributed by atoms with van der Waals surface area (Å²) in [5.41, 5.74) is 0.599. The summed E-state index contributed by atoms with van der Waals surface area (Å²) in [5, 5.41) is 2.53. The van der Waals surface area contributed by atoms with Gasteiger partial charge in [-0.05, 0) is 36.4 Å². The van der Waals surface area contributed by atoms with Crippen LogP contribution in [-0.2, 0) is 10.9 Å². The van der Waals surface area contributed by atoms with E-state index < -0.39 is 17.6 Å². The second kappa shape index (κ2) is 7.10. The lowest BCUT2D eigenvalue weighted by Crippen LogP contribution is -2.36. The van der Waals surface area contributed by atoms with Crippen molar-refractivity contribution in [3.8, 4) is 0 Å². The molecule has 0 unspecified atom stereocenters. The average Bonchev–Trinajstić information content (AvgIpc) is 2.62. The molecular weight excluding hydrogens is 335 g/mol. The number of ether oxygens (including phenoxy) is 1. The molecule has 0 aliphatic carbocycles. The number of carbonyl (C=O) groups excluding carboxylic acids is 1. The number of halogens is 3. The Kier molecular flexibility index (Phi) is 4.89. The van der Waals surface area contributed by atoms with Crippen LogP contribution in [0.15, 0.2) is 42.6 Å². The van der Waals surface area contributed by atoms with Crippen LogP contribution in [0.2, 0.25) is 0 Å². The van der Waals surface area contributed by atoms with Crippen LogP contribution in [0, 0.1) is 0 Å². The molecule has 0 radical (unpaired) electrons. The van der Waals surface area contributed by atoms with E-state index in [-0.39, 0.29) is 11.4 Å². The third-order valence-electron chi connectivity index (χ3n) is 3.83. The zero-order chi connectivity index (χ0) is 17.9. The molecule has 2 aromatic rings. The number of amides is 1. The number of aromatic nitrogens is 1. The molecule has 0 bridgehead atoms. The molecule has 2 heterocycles. The van der Waals surface area contributed by atoms with E-state index in [1.807, 2.05) is 0 Å². The molecule has 8 heteroatoms. The monoisotopic (exact) mass is 351 g/mol. The Hall–Kier alpha value is -2.61. The Bertz CT molecular complexity index is 724. The molecule has 1 fully saturated rings. The van der Waals surface area contributed by atoms with Crippen molar-refractivity contribution in [1.29, 1.82) is 0 Å². The highest BCUT2D eigenvalue weighted by Gasteiger charge is 2.30. The lowest BCUT2D eigenvalue weighted by atomic mass is 10.2. The summed E-state index contributed by atoms with van der Waals surface area (Å²) in [4.78, 5) is 18.4. The summed E-state index contributed by atoms with van der Waals surface area (Å²) in [6.07, 6.45) is -2.80. The van der Waals surface area contributed by atoms with Gasteiger partial charge in [0, 0.05) is 18.8 Å². The fourth-order valence-electron chi connectivity index (χ4n) is 2.47. The first kappa shape index (κ1) is 17.2. The zero-order valence-corrected chi connectivity index (χ0v) is 13.2. The SMILES string of the molecule is O=C(Nc1ccc(C(F)(F)F)cc1)c1ccc(N2CCOCC2)cn1. The molecule has 0 atom stereocenters. The van der Waals surface area contributed by atoms with Gasteiger partial charge in [0.05, 0.1) is 30.7 Å². The predicted octanol–water partition coefficient (Wildman–Crippen LogP) is 3.19. The Morgan fingerprint density at radius 3 is 2.32 bits per heavy atom. The summed E-state index contributed by atoms with van der Waals surface area (Å²) in [7, 11) is 0. The normalized spacial score (nSPS) is 15.1. The molecule has 0 saturated carbocycles. The zero-order valence-electron chi connectivity index (χ0n) is 13.2. The van der Waals surface area contributed by atoms with E-state index >= 15 is 0 Å². The van der Waals surface area contributed by atoms with Gasteiger partial charge in [-0.15, -0.1) is 0 Å². The minimum absolute atomic E-state index is 0.192. The van der Waals surface area contributed by atoms with Gasteiger partial charge in [-0.25, -0.2) is 4.98 Å².